The van der Waals surface area contributed by atoms with Gasteiger partial charge in [-0.25, -0.2) is 4.57 Å². The number of allylic oxidation sites excluding steroid dienone is 5. The molecule has 0 unspecified atom stereocenters. The molecule has 0 saturated carbocycles. The number of benzene rings is 3. The minimum Gasteiger partial charge on any atom is -0.269 e. The van der Waals surface area contributed by atoms with E-state index in [2.05, 4.69) is 203 Å². The van der Waals surface area contributed by atoms with Crippen molar-refractivity contribution in [3.05, 3.63) is 160 Å². The largest absolute Gasteiger partial charge is 0.304 e. The summed E-state index contributed by atoms with van der Waals surface area (Å²) >= 11 is 11.1. The first-order valence-electron chi connectivity index (χ1n) is 18.1. The molecule has 4 nitrogen and oxygen atoms in total. The zero-order valence-electron chi connectivity index (χ0n) is 32.2. The SMILES string of the molecule is C=C1C=C(Br)C=C(C)[C-]1[n+]1c[n+](-c2c(C)cc(Br)cc2C)[c-](C)c1CCCCc1c(C)n(-c2c(C)cc(C)cc2C)c[n+]1-c1c(C)cc(Br)cc1C. The van der Waals surface area contributed by atoms with Crippen LogP contribution in [0.1, 0.15) is 81.5 Å². The average molecular weight is 887 g/mol. The van der Waals surface area contributed by atoms with E-state index in [0.717, 1.165) is 50.7 Å². The highest BCUT2D eigenvalue weighted by Gasteiger charge is 2.31. The van der Waals surface area contributed by atoms with E-state index in [1.807, 2.05) is 0 Å². The van der Waals surface area contributed by atoms with Gasteiger partial charge in [0.2, 0.25) is 0 Å². The van der Waals surface area contributed by atoms with Crippen LogP contribution < -0.4 is 13.7 Å². The Kier molecular flexibility index (Phi) is 11.2. The van der Waals surface area contributed by atoms with Gasteiger partial charge in [-0.1, -0.05) is 89.8 Å². The van der Waals surface area contributed by atoms with Crippen LogP contribution in [0.5, 0.6) is 0 Å². The topological polar surface area (TPSA) is 16.6 Å². The summed E-state index contributed by atoms with van der Waals surface area (Å²) in [4.78, 5) is 0. The van der Waals surface area contributed by atoms with Gasteiger partial charge in [-0.2, -0.15) is 9.13 Å². The monoisotopic (exact) mass is 883 g/mol. The number of nitrogens with zero attached hydrogens (tertiary/aromatic N) is 4. The summed E-state index contributed by atoms with van der Waals surface area (Å²) in [6.45, 7) is 26.7. The van der Waals surface area contributed by atoms with Crippen molar-refractivity contribution < 1.29 is 13.7 Å². The molecule has 270 valence electrons. The van der Waals surface area contributed by atoms with E-state index in [1.54, 1.807) is 0 Å². The number of aromatic nitrogens is 4. The molecule has 52 heavy (non-hydrogen) atoms. The molecule has 1 aliphatic carbocycles. The van der Waals surface area contributed by atoms with Crippen molar-refractivity contribution in [2.45, 2.75) is 94.9 Å². The van der Waals surface area contributed by atoms with Crippen LogP contribution in [-0.4, -0.2) is 4.57 Å². The average Bonchev–Trinajstić information content (AvgIpc) is 3.49. The van der Waals surface area contributed by atoms with Gasteiger partial charge in [-0.3, -0.25) is 4.57 Å². The van der Waals surface area contributed by atoms with Crippen LogP contribution >= 0.6 is 47.8 Å². The first-order valence-corrected chi connectivity index (χ1v) is 20.4. The molecule has 0 fully saturated rings. The number of imidazole rings is 2. The minimum absolute atomic E-state index is 0.953. The Hall–Kier alpha value is -3.39. The lowest BCUT2D eigenvalue weighted by molar-refractivity contribution is -0.732. The van der Waals surface area contributed by atoms with Crippen LogP contribution in [0, 0.1) is 68.4 Å². The van der Waals surface area contributed by atoms with Crippen LogP contribution in [-0.2, 0) is 12.8 Å². The summed E-state index contributed by atoms with van der Waals surface area (Å²) < 4.78 is 13.0. The van der Waals surface area contributed by atoms with Gasteiger partial charge in [-0.15, -0.1) is 6.58 Å². The van der Waals surface area contributed by atoms with E-state index in [4.69, 9.17) is 0 Å². The fourth-order valence-corrected chi connectivity index (χ4v) is 10.5. The van der Waals surface area contributed by atoms with Crippen molar-refractivity contribution in [3.63, 3.8) is 0 Å². The minimum atomic E-state index is 0.953. The summed E-state index contributed by atoms with van der Waals surface area (Å²) in [5, 5.41) is 0. The van der Waals surface area contributed by atoms with Crippen LogP contribution in [0.25, 0.3) is 17.1 Å². The first-order chi connectivity index (χ1) is 24.6. The maximum atomic E-state index is 4.49. The Morgan fingerprint density at radius 3 is 1.79 bits per heavy atom. The maximum Gasteiger partial charge on any atom is 0.304 e. The van der Waals surface area contributed by atoms with Crippen molar-refractivity contribution >= 4 is 47.8 Å². The molecule has 0 radical (unpaired) electrons. The predicted octanol–water partition coefficient (Wildman–Crippen LogP) is 11.1. The summed E-state index contributed by atoms with van der Waals surface area (Å²) in [5.74, 6) is 0. The Labute approximate surface area is 336 Å². The number of rotatable bonds is 9. The second kappa shape index (κ2) is 15.2. The van der Waals surface area contributed by atoms with Gasteiger partial charge in [0.1, 0.15) is 40.2 Å². The van der Waals surface area contributed by atoms with Gasteiger partial charge in [0, 0.05) is 28.7 Å². The molecule has 1 aliphatic rings. The highest BCUT2D eigenvalue weighted by Crippen LogP contribution is 2.31. The molecular formula is C45H50Br3N4+. The van der Waals surface area contributed by atoms with Gasteiger partial charge in [0.15, 0.2) is 5.69 Å². The van der Waals surface area contributed by atoms with Crippen LogP contribution in [0.4, 0.5) is 0 Å². The van der Waals surface area contributed by atoms with Crippen molar-refractivity contribution in [2.75, 3.05) is 0 Å². The van der Waals surface area contributed by atoms with Gasteiger partial charge in [-0.05, 0) is 136 Å². The quantitative estimate of drug-likeness (QED) is 0.0797. The second-order valence-corrected chi connectivity index (χ2v) is 17.5. The molecular weight excluding hydrogens is 836 g/mol. The smallest absolute Gasteiger partial charge is 0.269 e. The molecule has 6 rings (SSSR count). The summed E-state index contributed by atoms with van der Waals surface area (Å²) in [5.41, 5.74) is 20.1. The summed E-state index contributed by atoms with van der Waals surface area (Å²) in [6, 6.07) is 14.6. The van der Waals surface area contributed by atoms with E-state index < -0.39 is 0 Å². The number of hydrogen-bond acceptors (Lipinski definition) is 0. The van der Waals surface area contributed by atoms with Gasteiger partial charge < -0.3 is 0 Å². The van der Waals surface area contributed by atoms with E-state index in [1.165, 1.54) is 84.4 Å². The van der Waals surface area contributed by atoms with Gasteiger partial charge >= 0.3 is 6.33 Å². The molecule has 7 heteroatoms. The molecule has 0 spiro atoms. The lowest BCUT2D eigenvalue weighted by Crippen LogP contribution is -2.46. The Balaban J connectivity index is 1.39. The Morgan fingerprint density at radius 1 is 0.692 bits per heavy atom. The summed E-state index contributed by atoms with van der Waals surface area (Å²) in [6.07, 6.45) is 13.0. The van der Waals surface area contributed by atoms with E-state index in [9.17, 15) is 0 Å². The second-order valence-electron chi connectivity index (χ2n) is 14.7. The van der Waals surface area contributed by atoms with E-state index in [0.29, 0.717) is 0 Å². The number of hydrogen-bond donors (Lipinski definition) is 0. The van der Waals surface area contributed by atoms with Gasteiger partial charge in [0.05, 0.1) is 0 Å². The lowest BCUT2D eigenvalue weighted by atomic mass is 9.95. The van der Waals surface area contributed by atoms with Gasteiger partial charge in [0.25, 0.3) is 6.33 Å². The molecule has 0 N–H and O–H groups in total. The fourth-order valence-electron chi connectivity index (χ4n) is 8.46. The number of aryl methyl sites for hydroxylation is 7. The van der Waals surface area contributed by atoms with Crippen molar-refractivity contribution in [1.29, 1.82) is 0 Å². The highest BCUT2D eigenvalue weighted by molar-refractivity contribution is 9.12. The van der Waals surface area contributed by atoms with Crippen LogP contribution in [0.2, 0.25) is 0 Å². The molecule has 0 aliphatic heterocycles. The normalized spacial score (nSPS) is 13.2. The lowest BCUT2D eigenvalue weighted by Gasteiger charge is -2.22. The fraction of sp³-hybridized carbons (Fsp3) is 0.311. The van der Waals surface area contributed by atoms with E-state index in [-0.39, 0.29) is 0 Å². The standard InChI is InChI=1S/C45H50Br3N4/c1-26-16-27(2)42(28(3)17-26)49-24-51(44-31(6)20-38(47)21-32(44)7)40(35(49)10)14-12-13-15-41-36(11)50(43-29(4)18-37(46)19-30(43)5)25-52(41)45-33(8)22-39(48)23-34(45)9/h16-25H,8,12-15H2,1-7,9-11H3/q+1. The first kappa shape index (κ1) is 38.3. The van der Waals surface area contributed by atoms with E-state index >= 15 is 0 Å². The predicted molar refractivity (Wildman–Crippen MR) is 224 cm³/mol. The van der Waals surface area contributed by atoms with Crippen molar-refractivity contribution in [1.82, 2.24) is 4.57 Å². The Morgan fingerprint density at radius 2 is 1.23 bits per heavy atom. The van der Waals surface area contributed by atoms with Crippen molar-refractivity contribution in [2.24, 2.45) is 0 Å². The highest BCUT2D eigenvalue weighted by atomic mass is 79.9. The zero-order chi connectivity index (χ0) is 37.8. The van der Waals surface area contributed by atoms with Crippen LogP contribution in [0.3, 0.4) is 0 Å². The third-order valence-electron chi connectivity index (χ3n) is 10.5. The molecule has 0 saturated heterocycles. The maximum absolute atomic E-state index is 4.49. The molecule has 0 atom stereocenters. The third kappa shape index (κ3) is 7.25. The molecule has 2 heterocycles. The third-order valence-corrected chi connectivity index (χ3v) is 11.9. The summed E-state index contributed by atoms with van der Waals surface area (Å²) in [7, 11) is 0. The number of halogens is 3. The molecule has 2 aromatic heterocycles. The number of unbranched alkanes of at least 4 members (excludes halogenated alkanes) is 1. The zero-order valence-corrected chi connectivity index (χ0v) is 37.0. The Bertz CT molecular complexity index is 2240. The van der Waals surface area contributed by atoms with Crippen LogP contribution in [0.15, 0.2) is 92.4 Å². The molecule has 0 bridgehead atoms. The molecule has 3 aromatic carbocycles. The van der Waals surface area contributed by atoms with Crippen molar-refractivity contribution in [3.8, 4) is 17.1 Å². The molecule has 5 aromatic rings. The molecule has 0 amide bonds.